The summed E-state index contributed by atoms with van der Waals surface area (Å²) in [5.41, 5.74) is 0.931. The minimum atomic E-state index is 0.405. The second kappa shape index (κ2) is 6.95. The van der Waals surface area contributed by atoms with Gasteiger partial charge in [0.05, 0.1) is 16.9 Å². The SMILES string of the molecule is CC(CC1CCCCCN1)Nc1cnccc1Cl. The molecule has 1 fully saturated rings. The van der Waals surface area contributed by atoms with E-state index in [2.05, 4.69) is 22.5 Å². The van der Waals surface area contributed by atoms with E-state index in [-0.39, 0.29) is 0 Å². The van der Waals surface area contributed by atoms with Gasteiger partial charge in [-0.15, -0.1) is 0 Å². The zero-order valence-corrected chi connectivity index (χ0v) is 11.7. The molecule has 2 unspecified atom stereocenters. The van der Waals surface area contributed by atoms with Gasteiger partial charge in [0, 0.05) is 18.3 Å². The number of anilines is 1. The van der Waals surface area contributed by atoms with Gasteiger partial charge in [0.15, 0.2) is 0 Å². The van der Waals surface area contributed by atoms with Crippen LogP contribution in [0.5, 0.6) is 0 Å². The van der Waals surface area contributed by atoms with Crippen molar-refractivity contribution in [2.45, 2.75) is 51.1 Å². The van der Waals surface area contributed by atoms with Gasteiger partial charge in [0.25, 0.3) is 0 Å². The van der Waals surface area contributed by atoms with E-state index < -0.39 is 0 Å². The van der Waals surface area contributed by atoms with Gasteiger partial charge in [-0.25, -0.2) is 0 Å². The third-order valence-corrected chi connectivity index (χ3v) is 3.80. The van der Waals surface area contributed by atoms with E-state index in [0.29, 0.717) is 12.1 Å². The Labute approximate surface area is 114 Å². The Kier molecular flexibility index (Phi) is 5.26. The maximum absolute atomic E-state index is 6.12. The van der Waals surface area contributed by atoms with Gasteiger partial charge in [-0.2, -0.15) is 0 Å². The van der Waals surface area contributed by atoms with Gasteiger partial charge in [-0.3, -0.25) is 4.98 Å². The molecule has 1 aromatic rings. The molecule has 0 saturated carbocycles. The highest BCUT2D eigenvalue weighted by molar-refractivity contribution is 6.33. The van der Waals surface area contributed by atoms with E-state index in [1.807, 2.05) is 6.07 Å². The minimum Gasteiger partial charge on any atom is -0.380 e. The highest BCUT2D eigenvalue weighted by Crippen LogP contribution is 2.21. The smallest absolute Gasteiger partial charge is 0.0718 e. The van der Waals surface area contributed by atoms with Crippen molar-refractivity contribution in [3.8, 4) is 0 Å². The van der Waals surface area contributed by atoms with Gasteiger partial charge in [-0.05, 0) is 38.8 Å². The van der Waals surface area contributed by atoms with Gasteiger partial charge >= 0.3 is 0 Å². The fourth-order valence-electron chi connectivity index (χ4n) is 2.54. The van der Waals surface area contributed by atoms with Crippen LogP contribution in [0.15, 0.2) is 18.5 Å². The molecule has 0 aliphatic carbocycles. The van der Waals surface area contributed by atoms with Crippen molar-refractivity contribution >= 4 is 17.3 Å². The molecule has 1 aliphatic rings. The first-order chi connectivity index (χ1) is 8.75. The van der Waals surface area contributed by atoms with E-state index in [9.17, 15) is 0 Å². The lowest BCUT2D eigenvalue weighted by Gasteiger charge is -2.22. The summed E-state index contributed by atoms with van der Waals surface area (Å²) in [4.78, 5) is 4.10. The molecule has 2 atom stereocenters. The van der Waals surface area contributed by atoms with Crippen LogP contribution in [0.2, 0.25) is 5.02 Å². The van der Waals surface area contributed by atoms with E-state index in [0.717, 1.165) is 23.7 Å². The monoisotopic (exact) mass is 267 g/mol. The minimum absolute atomic E-state index is 0.405. The summed E-state index contributed by atoms with van der Waals surface area (Å²) < 4.78 is 0. The summed E-state index contributed by atoms with van der Waals surface area (Å²) in [6.07, 6.45) is 9.94. The fourth-order valence-corrected chi connectivity index (χ4v) is 2.70. The number of pyridine rings is 1. The van der Waals surface area contributed by atoms with Crippen LogP contribution in [0, 0.1) is 0 Å². The van der Waals surface area contributed by atoms with E-state index in [4.69, 9.17) is 11.6 Å². The second-order valence-electron chi connectivity index (χ2n) is 5.14. The van der Waals surface area contributed by atoms with Crippen molar-refractivity contribution in [3.05, 3.63) is 23.5 Å². The van der Waals surface area contributed by atoms with Crippen LogP contribution < -0.4 is 10.6 Å². The predicted molar refractivity (Wildman–Crippen MR) is 77.2 cm³/mol. The Hall–Kier alpha value is -0.800. The highest BCUT2D eigenvalue weighted by Gasteiger charge is 2.15. The molecule has 4 heteroatoms. The Balaban J connectivity index is 1.84. The van der Waals surface area contributed by atoms with Crippen LogP contribution in [0.3, 0.4) is 0 Å². The number of nitrogens with zero attached hydrogens (tertiary/aromatic N) is 1. The van der Waals surface area contributed by atoms with Crippen LogP contribution in [0.25, 0.3) is 0 Å². The number of rotatable bonds is 4. The molecule has 100 valence electrons. The van der Waals surface area contributed by atoms with Gasteiger partial charge in [0.1, 0.15) is 0 Å². The number of hydrogen-bond acceptors (Lipinski definition) is 3. The summed E-state index contributed by atoms with van der Waals surface area (Å²) in [6.45, 7) is 3.36. The summed E-state index contributed by atoms with van der Waals surface area (Å²) >= 11 is 6.12. The number of nitrogens with one attached hydrogen (secondary N) is 2. The van der Waals surface area contributed by atoms with Crippen molar-refractivity contribution in [1.29, 1.82) is 0 Å². The first-order valence-electron chi connectivity index (χ1n) is 6.85. The molecule has 2 N–H and O–H groups in total. The molecule has 0 amide bonds. The highest BCUT2D eigenvalue weighted by atomic mass is 35.5. The van der Waals surface area contributed by atoms with Gasteiger partial charge < -0.3 is 10.6 Å². The van der Waals surface area contributed by atoms with Crippen molar-refractivity contribution in [3.63, 3.8) is 0 Å². The maximum Gasteiger partial charge on any atom is 0.0718 e. The summed E-state index contributed by atoms with van der Waals surface area (Å²) in [6, 6.07) is 2.85. The van der Waals surface area contributed by atoms with Gasteiger partial charge in [0.2, 0.25) is 0 Å². The van der Waals surface area contributed by atoms with E-state index in [1.54, 1.807) is 12.4 Å². The second-order valence-corrected chi connectivity index (χ2v) is 5.54. The largest absolute Gasteiger partial charge is 0.380 e. The van der Waals surface area contributed by atoms with Crippen LogP contribution in [-0.4, -0.2) is 23.6 Å². The average molecular weight is 268 g/mol. The van der Waals surface area contributed by atoms with Crippen molar-refractivity contribution in [1.82, 2.24) is 10.3 Å². The molecule has 18 heavy (non-hydrogen) atoms. The normalized spacial score (nSPS) is 22.2. The molecule has 0 spiro atoms. The molecule has 0 radical (unpaired) electrons. The molecular weight excluding hydrogens is 246 g/mol. The Bertz CT molecular complexity index is 362. The maximum atomic E-state index is 6.12. The topological polar surface area (TPSA) is 37.0 Å². The average Bonchev–Trinajstić information content (AvgIpc) is 2.61. The lowest BCUT2D eigenvalue weighted by Crippen LogP contribution is -2.33. The molecular formula is C14H22ClN3. The Morgan fingerprint density at radius 3 is 3.22 bits per heavy atom. The van der Waals surface area contributed by atoms with Crippen LogP contribution in [0.4, 0.5) is 5.69 Å². The van der Waals surface area contributed by atoms with Crippen molar-refractivity contribution in [2.75, 3.05) is 11.9 Å². The van der Waals surface area contributed by atoms with Crippen molar-refractivity contribution in [2.24, 2.45) is 0 Å². The zero-order valence-electron chi connectivity index (χ0n) is 11.0. The molecule has 1 saturated heterocycles. The number of hydrogen-bond donors (Lipinski definition) is 2. The summed E-state index contributed by atoms with van der Waals surface area (Å²) in [7, 11) is 0. The third-order valence-electron chi connectivity index (χ3n) is 3.47. The molecule has 0 aromatic carbocycles. The van der Waals surface area contributed by atoms with Crippen LogP contribution in [0.1, 0.15) is 39.0 Å². The molecule has 0 bridgehead atoms. The Morgan fingerprint density at radius 2 is 2.39 bits per heavy atom. The molecule has 1 aliphatic heterocycles. The number of halogens is 1. The van der Waals surface area contributed by atoms with Gasteiger partial charge in [-0.1, -0.05) is 24.4 Å². The molecule has 2 heterocycles. The summed E-state index contributed by atoms with van der Waals surface area (Å²) in [5.74, 6) is 0. The Morgan fingerprint density at radius 1 is 1.50 bits per heavy atom. The molecule has 2 rings (SSSR count). The molecule has 3 nitrogen and oxygen atoms in total. The number of aromatic nitrogens is 1. The zero-order chi connectivity index (χ0) is 12.8. The van der Waals surface area contributed by atoms with Crippen molar-refractivity contribution < 1.29 is 0 Å². The van der Waals surface area contributed by atoms with E-state index >= 15 is 0 Å². The first kappa shape index (κ1) is 13.6. The molecule has 1 aromatic heterocycles. The van der Waals surface area contributed by atoms with Crippen LogP contribution >= 0.6 is 11.6 Å². The third kappa shape index (κ3) is 4.14. The predicted octanol–water partition coefficient (Wildman–Crippen LogP) is 3.46. The first-order valence-corrected chi connectivity index (χ1v) is 7.23. The standard InChI is InChI=1S/C14H22ClN3/c1-11(9-12-5-3-2-4-7-17-12)18-14-10-16-8-6-13(14)15/h6,8,10-12,17-18H,2-5,7,9H2,1H3. The summed E-state index contributed by atoms with van der Waals surface area (Å²) in [5, 5.41) is 7.81. The quantitative estimate of drug-likeness (QED) is 0.877. The van der Waals surface area contributed by atoms with Crippen LogP contribution in [-0.2, 0) is 0 Å². The fraction of sp³-hybridized carbons (Fsp3) is 0.643. The lowest BCUT2D eigenvalue weighted by molar-refractivity contribution is 0.456. The van der Waals surface area contributed by atoms with E-state index in [1.165, 1.54) is 25.7 Å². The lowest BCUT2D eigenvalue weighted by atomic mass is 10.0.